The zero-order valence-corrected chi connectivity index (χ0v) is 9.66. The molecule has 15 heavy (non-hydrogen) atoms. The first-order valence-corrected chi connectivity index (χ1v) is 6.88. The summed E-state index contributed by atoms with van der Waals surface area (Å²) in [4.78, 5) is 3.90. The third-order valence-electron chi connectivity index (χ3n) is 2.25. The average molecular weight is 220 g/mol. The van der Waals surface area contributed by atoms with Crippen LogP contribution in [0.1, 0.15) is 0 Å². The zero-order chi connectivity index (χ0) is 10.8. The first kappa shape index (κ1) is 10.2. The highest BCUT2D eigenvalue weighted by Gasteiger charge is 2.08. The molecule has 4 heteroatoms. The molecule has 2 N–H and O–H groups in total. The first-order valence-electron chi connectivity index (χ1n) is 4.64. The van der Waals surface area contributed by atoms with Gasteiger partial charge in [-0.05, 0) is 30.8 Å². The molecular weight excluding hydrogens is 207 g/mol. The third-order valence-corrected chi connectivity index (χ3v) is 3.56. The summed E-state index contributed by atoms with van der Waals surface area (Å²) >= 11 is 0. The van der Waals surface area contributed by atoms with Crippen molar-refractivity contribution in [2.45, 2.75) is 0 Å². The fourth-order valence-electron chi connectivity index (χ4n) is 1.38. The molecule has 2 aromatic rings. The summed E-state index contributed by atoms with van der Waals surface area (Å²) in [6, 6.07) is 6.08. The number of rotatable bonds is 2. The standard InChI is InChI=1S/C11H13N2OP/c1-15(2)8-3-4-10(12)9(5-8)11-6-13-7-14-11/h3-7H,12H2,1-2H3. The molecular formula is C11H13N2OP. The number of nitrogen functional groups attached to an aromatic ring is 1. The van der Waals surface area contributed by atoms with Gasteiger partial charge in [-0.25, -0.2) is 4.98 Å². The first-order chi connectivity index (χ1) is 7.18. The fraction of sp³-hybridized carbons (Fsp3) is 0.182. The zero-order valence-electron chi connectivity index (χ0n) is 8.77. The molecule has 0 aliphatic heterocycles. The van der Waals surface area contributed by atoms with Gasteiger partial charge in [0.25, 0.3) is 0 Å². The predicted octanol–water partition coefficient (Wildman–Crippen LogP) is 2.29. The van der Waals surface area contributed by atoms with Crippen LogP contribution in [-0.4, -0.2) is 18.3 Å². The summed E-state index contributed by atoms with van der Waals surface area (Å²) < 4.78 is 5.25. The largest absolute Gasteiger partial charge is 0.443 e. The molecule has 0 saturated carbocycles. The topological polar surface area (TPSA) is 52.0 Å². The van der Waals surface area contributed by atoms with Crippen LogP contribution in [0.4, 0.5) is 5.69 Å². The van der Waals surface area contributed by atoms with E-state index in [0.717, 1.165) is 17.0 Å². The van der Waals surface area contributed by atoms with Gasteiger partial charge in [0.2, 0.25) is 0 Å². The maximum Gasteiger partial charge on any atom is 0.181 e. The molecule has 1 aromatic carbocycles. The highest BCUT2D eigenvalue weighted by atomic mass is 31.1. The van der Waals surface area contributed by atoms with Crippen LogP contribution in [-0.2, 0) is 0 Å². The Morgan fingerprint density at radius 3 is 2.73 bits per heavy atom. The minimum Gasteiger partial charge on any atom is -0.443 e. The third kappa shape index (κ3) is 2.02. The Labute approximate surface area is 90.1 Å². The SMILES string of the molecule is CP(C)c1ccc(N)c(-c2cnco2)c1. The number of anilines is 1. The molecule has 0 fully saturated rings. The van der Waals surface area contributed by atoms with Crippen molar-refractivity contribution in [2.24, 2.45) is 0 Å². The minimum atomic E-state index is -0.118. The summed E-state index contributed by atoms with van der Waals surface area (Å²) in [5.74, 6) is 0.728. The number of nitrogens with two attached hydrogens (primary N) is 1. The summed E-state index contributed by atoms with van der Waals surface area (Å²) in [6.45, 7) is 4.43. The minimum absolute atomic E-state index is 0.118. The normalized spacial score (nSPS) is 10.9. The Morgan fingerprint density at radius 2 is 2.13 bits per heavy atom. The number of hydrogen-bond acceptors (Lipinski definition) is 3. The van der Waals surface area contributed by atoms with E-state index in [-0.39, 0.29) is 7.92 Å². The number of nitrogens with zero attached hydrogens (tertiary/aromatic N) is 1. The molecule has 0 atom stereocenters. The van der Waals surface area contributed by atoms with Crippen LogP contribution in [0, 0.1) is 0 Å². The van der Waals surface area contributed by atoms with E-state index >= 15 is 0 Å². The molecule has 3 nitrogen and oxygen atoms in total. The second kappa shape index (κ2) is 4.03. The molecule has 0 spiro atoms. The van der Waals surface area contributed by atoms with Gasteiger partial charge in [0, 0.05) is 11.3 Å². The molecule has 0 aliphatic carbocycles. The van der Waals surface area contributed by atoms with Gasteiger partial charge < -0.3 is 10.2 Å². The van der Waals surface area contributed by atoms with Crippen LogP contribution in [0.15, 0.2) is 35.2 Å². The van der Waals surface area contributed by atoms with E-state index in [2.05, 4.69) is 30.4 Å². The second-order valence-electron chi connectivity index (χ2n) is 3.53. The average Bonchev–Trinajstić information content (AvgIpc) is 2.71. The van der Waals surface area contributed by atoms with E-state index in [4.69, 9.17) is 10.2 Å². The van der Waals surface area contributed by atoms with Crippen LogP contribution in [0.3, 0.4) is 0 Å². The van der Waals surface area contributed by atoms with Gasteiger partial charge in [-0.2, -0.15) is 0 Å². The molecule has 0 saturated heterocycles. The lowest BCUT2D eigenvalue weighted by Crippen LogP contribution is -2.01. The molecule has 0 unspecified atom stereocenters. The Balaban J connectivity index is 2.51. The van der Waals surface area contributed by atoms with E-state index in [1.807, 2.05) is 6.07 Å². The maximum absolute atomic E-state index is 5.90. The lowest BCUT2D eigenvalue weighted by atomic mass is 10.1. The van der Waals surface area contributed by atoms with E-state index in [1.54, 1.807) is 6.20 Å². The van der Waals surface area contributed by atoms with Gasteiger partial charge >= 0.3 is 0 Å². The van der Waals surface area contributed by atoms with Crippen molar-refractivity contribution < 1.29 is 4.42 Å². The Hall–Kier alpha value is -1.34. The van der Waals surface area contributed by atoms with Crippen molar-refractivity contribution in [3.05, 3.63) is 30.8 Å². The van der Waals surface area contributed by atoms with Crippen LogP contribution < -0.4 is 11.0 Å². The number of oxazole rings is 1. The van der Waals surface area contributed by atoms with E-state index in [9.17, 15) is 0 Å². The van der Waals surface area contributed by atoms with Gasteiger partial charge in [0.15, 0.2) is 12.2 Å². The Bertz CT molecular complexity index is 452. The van der Waals surface area contributed by atoms with E-state index in [1.165, 1.54) is 11.7 Å². The molecule has 0 aliphatic rings. The number of benzene rings is 1. The second-order valence-corrected chi connectivity index (χ2v) is 5.84. The van der Waals surface area contributed by atoms with Gasteiger partial charge in [0.05, 0.1) is 6.20 Å². The maximum atomic E-state index is 5.90. The van der Waals surface area contributed by atoms with Crippen molar-refractivity contribution >= 4 is 18.9 Å². The van der Waals surface area contributed by atoms with Gasteiger partial charge in [-0.15, -0.1) is 0 Å². The monoisotopic (exact) mass is 220 g/mol. The van der Waals surface area contributed by atoms with Crippen LogP contribution in [0.2, 0.25) is 0 Å². The number of aromatic nitrogens is 1. The lowest BCUT2D eigenvalue weighted by molar-refractivity contribution is 0.572. The van der Waals surface area contributed by atoms with Gasteiger partial charge in [-0.1, -0.05) is 14.0 Å². The highest BCUT2D eigenvalue weighted by Crippen LogP contribution is 2.30. The Kier molecular flexibility index (Phi) is 2.74. The summed E-state index contributed by atoms with van der Waals surface area (Å²) in [6.07, 6.45) is 3.10. The van der Waals surface area contributed by atoms with Crippen molar-refractivity contribution in [1.82, 2.24) is 4.98 Å². The predicted molar refractivity (Wildman–Crippen MR) is 64.8 cm³/mol. The summed E-state index contributed by atoms with van der Waals surface area (Å²) in [5, 5.41) is 1.31. The lowest BCUT2D eigenvalue weighted by Gasteiger charge is -2.09. The van der Waals surface area contributed by atoms with Crippen LogP contribution in [0.25, 0.3) is 11.3 Å². The number of hydrogen-bond donors (Lipinski definition) is 1. The molecule has 1 aromatic heterocycles. The van der Waals surface area contributed by atoms with Gasteiger partial charge in [0.1, 0.15) is 0 Å². The fourth-order valence-corrected chi connectivity index (χ4v) is 2.14. The molecule has 0 amide bonds. The van der Waals surface area contributed by atoms with E-state index < -0.39 is 0 Å². The molecule has 0 bridgehead atoms. The van der Waals surface area contributed by atoms with Crippen LogP contribution in [0.5, 0.6) is 0 Å². The molecule has 2 rings (SSSR count). The molecule has 1 heterocycles. The van der Waals surface area contributed by atoms with Crippen LogP contribution >= 0.6 is 7.92 Å². The summed E-state index contributed by atoms with van der Waals surface area (Å²) in [5.41, 5.74) is 7.56. The van der Waals surface area contributed by atoms with Crippen molar-refractivity contribution in [1.29, 1.82) is 0 Å². The summed E-state index contributed by atoms with van der Waals surface area (Å²) in [7, 11) is -0.118. The quantitative estimate of drug-likeness (QED) is 0.624. The van der Waals surface area contributed by atoms with Crippen molar-refractivity contribution in [3.63, 3.8) is 0 Å². The van der Waals surface area contributed by atoms with E-state index in [0.29, 0.717) is 0 Å². The van der Waals surface area contributed by atoms with Crippen molar-refractivity contribution in [2.75, 3.05) is 19.1 Å². The molecule has 78 valence electrons. The Morgan fingerprint density at radius 1 is 1.33 bits per heavy atom. The van der Waals surface area contributed by atoms with Gasteiger partial charge in [-0.3, -0.25) is 0 Å². The highest BCUT2D eigenvalue weighted by molar-refractivity contribution is 7.64. The smallest absolute Gasteiger partial charge is 0.181 e. The molecule has 0 radical (unpaired) electrons. The van der Waals surface area contributed by atoms with Crippen molar-refractivity contribution in [3.8, 4) is 11.3 Å².